The van der Waals surface area contributed by atoms with E-state index < -0.39 is 18.0 Å². The van der Waals surface area contributed by atoms with Gasteiger partial charge in [-0.05, 0) is 26.0 Å². The van der Waals surface area contributed by atoms with Gasteiger partial charge in [-0.2, -0.15) is 5.26 Å². The smallest absolute Gasteiger partial charge is 0.181 e. The Labute approximate surface area is 87.7 Å². The largest absolute Gasteiger partial charge is 0.476 e. The molecule has 0 aliphatic heterocycles. The number of hydrogen-bond donors (Lipinski definition) is 1. The molecule has 0 saturated heterocycles. The SMILES string of the molecule is CC(C#N)Oc1ccc([C@H](C)O)c(F)c1. The second-order valence-corrected chi connectivity index (χ2v) is 3.25. The van der Waals surface area contributed by atoms with Gasteiger partial charge in [0.1, 0.15) is 17.6 Å². The number of ether oxygens (including phenoxy) is 1. The number of aliphatic hydroxyl groups excluding tert-OH is 1. The summed E-state index contributed by atoms with van der Waals surface area (Å²) >= 11 is 0. The molecule has 0 heterocycles. The van der Waals surface area contributed by atoms with Crippen molar-refractivity contribution in [1.29, 1.82) is 5.26 Å². The highest BCUT2D eigenvalue weighted by atomic mass is 19.1. The van der Waals surface area contributed by atoms with Crippen molar-refractivity contribution in [3.05, 3.63) is 29.6 Å². The van der Waals surface area contributed by atoms with E-state index in [1.807, 2.05) is 6.07 Å². The Bertz CT molecular complexity index is 385. The van der Waals surface area contributed by atoms with Crippen molar-refractivity contribution in [2.24, 2.45) is 0 Å². The molecule has 80 valence electrons. The summed E-state index contributed by atoms with van der Waals surface area (Å²) in [6.07, 6.45) is -1.48. The van der Waals surface area contributed by atoms with Gasteiger partial charge in [-0.15, -0.1) is 0 Å². The average molecular weight is 209 g/mol. The van der Waals surface area contributed by atoms with Gasteiger partial charge in [-0.1, -0.05) is 0 Å². The molecule has 1 aromatic rings. The van der Waals surface area contributed by atoms with Crippen molar-refractivity contribution in [3.63, 3.8) is 0 Å². The molecule has 1 rings (SSSR count). The van der Waals surface area contributed by atoms with Crippen LogP contribution >= 0.6 is 0 Å². The maximum absolute atomic E-state index is 13.3. The third-order valence-corrected chi connectivity index (χ3v) is 1.92. The van der Waals surface area contributed by atoms with Crippen LogP contribution in [-0.2, 0) is 0 Å². The van der Waals surface area contributed by atoms with E-state index in [0.29, 0.717) is 0 Å². The Kier molecular flexibility index (Phi) is 3.64. The lowest BCUT2D eigenvalue weighted by molar-refractivity contribution is 0.193. The third-order valence-electron chi connectivity index (χ3n) is 1.92. The summed E-state index contributed by atoms with van der Waals surface area (Å²) in [6.45, 7) is 3.05. The van der Waals surface area contributed by atoms with Crippen molar-refractivity contribution in [2.75, 3.05) is 0 Å². The molecule has 0 aromatic heterocycles. The molecular weight excluding hydrogens is 197 g/mol. The molecule has 3 nitrogen and oxygen atoms in total. The number of hydrogen-bond acceptors (Lipinski definition) is 3. The van der Waals surface area contributed by atoms with Crippen molar-refractivity contribution in [2.45, 2.75) is 26.1 Å². The van der Waals surface area contributed by atoms with Crippen LogP contribution in [-0.4, -0.2) is 11.2 Å². The minimum absolute atomic E-state index is 0.215. The molecule has 0 aliphatic carbocycles. The number of halogens is 1. The number of nitriles is 1. The molecule has 1 N–H and O–H groups in total. The fourth-order valence-electron chi connectivity index (χ4n) is 1.15. The topological polar surface area (TPSA) is 53.2 Å². The molecule has 2 atom stereocenters. The highest BCUT2D eigenvalue weighted by Crippen LogP contribution is 2.22. The summed E-state index contributed by atoms with van der Waals surface area (Å²) < 4.78 is 18.4. The van der Waals surface area contributed by atoms with Crippen LogP contribution in [0.4, 0.5) is 4.39 Å². The van der Waals surface area contributed by atoms with Crippen LogP contribution in [0.25, 0.3) is 0 Å². The first-order valence-electron chi connectivity index (χ1n) is 4.58. The molecule has 1 aromatic carbocycles. The molecule has 0 aliphatic rings. The second kappa shape index (κ2) is 4.76. The van der Waals surface area contributed by atoms with Crippen LogP contribution in [0.15, 0.2) is 18.2 Å². The summed E-state index contributed by atoms with van der Waals surface area (Å²) in [5.41, 5.74) is 0.215. The molecule has 0 spiro atoms. The fourth-order valence-corrected chi connectivity index (χ4v) is 1.15. The first-order valence-corrected chi connectivity index (χ1v) is 4.58. The zero-order chi connectivity index (χ0) is 11.4. The normalized spacial score (nSPS) is 14.1. The van der Waals surface area contributed by atoms with E-state index in [1.54, 1.807) is 6.92 Å². The van der Waals surface area contributed by atoms with Gasteiger partial charge in [0.25, 0.3) is 0 Å². The molecule has 0 bridgehead atoms. The Morgan fingerprint density at radius 1 is 1.47 bits per heavy atom. The lowest BCUT2D eigenvalue weighted by Gasteiger charge is -2.10. The van der Waals surface area contributed by atoms with E-state index in [4.69, 9.17) is 10.00 Å². The molecule has 0 fully saturated rings. The monoisotopic (exact) mass is 209 g/mol. The van der Waals surface area contributed by atoms with Gasteiger partial charge >= 0.3 is 0 Å². The van der Waals surface area contributed by atoms with Gasteiger partial charge in [0.15, 0.2) is 6.10 Å². The molecule has 4 heteroatoms. The van der Waals surface area contributed by atoms with E-state index in [1.165, 1.54) is 19.1 Å². The van der Waals surface area contributed by atoms with Crippen molar-refractivity contribution >= 4 is 0 Å². The molecule has 0 radical (unpaired) electrons. The van der Waals surface area contributed by atoms with Crippen LogP contribution in [0, 0.1) is 17.1 Å². The molecule has 0 amide bonds. The van der Waals surface area contributed by atoms with Crippen LogP contribution in [0.1, 0.15) is 25.5 Å². The van der Waals surface area contributed by atoms with Gasteiger partial charge < -0.3 is 9.84 Å². The highest BCUT2D eigenvalue weighted by Gasteiger charge is 2.10. The predicted octanol–water partition coefficient (Wildman–Crippen LogP) is 2.17. The van der Waals surface area contributed by atoms with Crippen LogP contribution in [0.5, 0.6) is 5.75 Å². The number of rotatable bonds is 3. The van der Waals surface area contributed by atoms with Crippen LogP contribution in [0.2, 0.25) is 0 Å². The summed E-state index contributed by atoms with van der Waals surface area (Å²) in [7, 11) is 0. The van der Waals surface area contributed by atoms with Gasteiger partial charge in [0.05, 0.1) is 6.10 Å². The van der Waals surface area contributed by atoms with Crippen LogP contribution < -0.4 is 4.74 Å². The fraction of sp³-hybridized carbons (Fsp3) is 0.364. The summed E-state index contributed by atoms with van der Waals surface area (Å²) in [5.74, 6) is -0.251. The maximum Gasteiger partial charge on any atom is 0.181 e. The van der Waals surface area contributed by atoms with Crippen molar-refractivity contribution in [1.82, 2.24) is 0 Å². The van der Waals surface area contributed by atoms with Crippen LogP contribution in [0.3, 0.4) is 0 Å². The van der Waals surface area contributed by atoms with Gasteiger partial charge in [0, 0.05) is 11.6 Å². The Morgan fingerprint density at radius 2 is 2.13 bits per heavy atom. The van der Waals surface area contributed by atoms with Crippen molar-refractivity contribution in [3.8, 4) is 11.8 Å². The third kappa shape index (κ3) is 2.93. The van der Waals surface area contributed by atoms with Gasteiger partial charge in [-0.3, -0.25) is 0 Å². The van der Waals surface area contributed by atoms with E-state index in [2.05, 4.69) is 0 Å². The Balaban J connectivity index is 2.88. The van der Waals surface area contributed by atoms with E-state index in [0.717, 1.165) is 6.07 Å². The quantitative estimate of drug-likeness (QED) is 0.830. The standard InChI is InChI=1S/C11H12FNO2/c1-7(6-13)15-9-3-4-10(8(2)14)11(12)5-9/h3-5,7-8,14H,1-2H3/t7?,8-/m0/s1. The van der Waals surface area contributed by atoms with E-state index in [9.17, 15) is 9.50 Å². The number of aliphatic hydroxyl groups is 1. The summed E-state index contributed by atoms with van der Waals surface area (Å²) in [5, 5.41) is 17.7. The zero-order valence-corrected chi connectivity index (χ0v) is 8.57. The lowest BCUT2D eigenvalue weighted by Crippen LogP contribution is -2.08. The van der Waals surface area contributed by atoms with Crippen molar-refractivity contribution < 1.29 is 14.2 Å². The Morgan fingerprint density at radius 3 is 2.60 bits per heavy atom. The molecule has 0 saturated carbocycles. The minimum Gasteiger partial charge on any atom is -0.476 e. The Hall–Kier alpha value is -1.60. The maximum atomic E-state index is 13.3. The zero-order valence-electron chi connectivity index (χ0n) is 8.57. The lowest BCUT2D eigenvalue weighted by atomic mass is 10.1. The molecule has 15 heavy (non-hydrogen) atoms. The first-order chi connectivity index (χ1) is 7.04. The predicted molar refractivity (Wildman–Crippen MR) is 52.7 cm³/mol. The van der Waals surface area contributed by atoms with E-state index in [-0.39, 0.29) is 11.3 Å². The van der Waals surface area contributed by atoms with Gasteiger partial charge in [-0.25, -0.2) is 4.39 Å². The number of nitrogens with zero attached hydrogens (tertiary/aromatic N) is 1. The second-order valence-electron chi connectivity index (χ2n) is 3.25. The average Bonchev–Trinajstić information content (AvgIpc) is 2.17. The molecular formula is C11H12FNO2. The highest BCUT2D eigenvalue weighted by molar-refractivity contribution is 5.30. The van der Waals surface area contributed by atoms with E-state index >= 15 is 0 Å². The minimum atomic E-state index is -0.854. The summed E-state index contributed by atoms with van der Waals surface area (Å²) in [4.78, 5) is 0. The summed E-state index contributed by atoms with van der Waals surface area (Å²) in [6, 6.07) is 6.01. The number of benzene rings is 1. The first kappa shape index (κ1) is 11.5. The van der Waals surface area contributed by atoms with Gasteiger partial charge in [0.2, 0.25) is 0 Å². The molecule has 1 unspecified atom stereocenters.